The van der Waals surface area contributed by atoms with E-state index in [4.69, 9.17) is 28.2 Å². The molecule has 0 aliphatic carbocycles. The van der Waals surface area contributed by atoms with Crippen molar-refractivity contribution in [3.8, 4) is 6.07 Å². The average Bonchev–Trinajstić information content (AvgIpc) is 3.65. The van der Waals surface area contributed by atoms with Crippen LogP contribution < -0.4 is 10.6 Å². The second-order valence-electron chi connectivity index (χ2n) is 11.8. The normalized spacial score (nSPS) is 15.3. The number of rotatable bonds is 7. The maximum atomic E-state index is 9.89. The van der Waals surface area contributed by atoms with Crippen LogP contribution in [0.15, 0.2) is 65.6 Å². The molecule has 0 saturated carbocycles. The average molecular weight is 632 g/mol. The van der Waals surface area contributed by atoms with Crippen LogP contribution in [0.5, 0.6) is 0 Å². The minimum atomic E-state index is -0.313. The first kappa shape index (κ1) is 29.4. The summed E-state index contributed by atoms with van der Waals surface area (Å²) in [5, 5.41) is 31.7. The predicted octanol–water partition coefficient (Wildman–Crippen LogP) is 8.45. The minimum Gasteiger partial charge on any atom is -0.371 e. The van der Waals surface area contributed by atoms with Crippen LogP contribution in [0.25, 0.3) is 10.9 Å². The standard InChI is InChI=1S/C32H32Cl2N8S/c1-32(2,3)41-11-9-23(10-12-41)42-17-27(39-40-42)30(20-7-5-4-6-8-20)37-26-14-22(33)13-24-29(21(15-35)16-36-31(24)26)38-28-19-43-18-25(28)34/h4-8,13-14,16-19,23,30,37H,9-12H2,1-3H3,(H,36,38)/t30-/m0/s1. The Morgan fingerprint density at radius 1 is 1.07 bits per heavy atom. The lowest BCUT2D eigenvalue weighted by atomic mass is 9.98. The van der Waals surface area contributed by atoms with E-state index in [-0.39, 0.29) is 11.6 Å². The zero-order chi connectivity index (χ0) is 30.1. The SMILES string of the molecule is CC(C)(C)N1CCC(n2cc([C@@H](Nc3cc(Cl)cc4c(Nc5cscc5Cl)c(C#N)cnc34)c3ccccc3)nn2)CC1. The van der Waals surface area contributed by atoms with E-state index in [9.17, 15) is 5.26 Å². The van der Waals surface area contributed by atoms with Crippen molar-refractivity contribution in [3.63, 3.8) is 0 Å². The van der Waals surface area contributed by atoms with Gasteiger partial charge in [-0.15, -0.1) is 16.4 Å². The van der Waals surface area contributed by atoms with E-state index in [1.807, 2.05) is 45.8 Å². The Morgan fingerprint density at radius 2 is 1.84 bits per heavy atom. The van der Waals surface area contributed by atoms with Crippen molar-refractivity contribution in [2.45, 2.75) is 51.2 Å². The highest BCUT2D eigenvalue weighted by Gasteiger charge is 2.29. The van der Waals surface area contributed by atoms with Crippen molar-refractivity contribution >= 4 is 62.5 Å². The molecule has 43 heavy (non-hydrogen) atoms. The Hall–Kier alpha value is -3.68. The summed E-state index contributed by atoms with van der Waals surface area (Å²) in [5.74, 6) is 0. The fourth-order valence-electron chi connectivity index (χ4n) is 5.63. The molecule has 4 heterocycles. The third-order valence-electron chi connectivity index (χ3n) is 7.97. The van der Waals surface area contributed by atoms with Crippen molar-refractivity contribution in [1.82, 2.24) is 24.9 Å². The number of thiophene rings is 1. The molecule has 1 fully saturated rings. The minimum absolute atomic E-state index is 0.161. The van der Waals surface area contributed by atoms with E-state index >= 15 is 0 Å². The monoisotopic (exact) mass is 630 g/mol. The number of anilines is 3. The van der Waals surface area contributed by atoms with Crippen molar-refractivity contribution in [2.75, 3.05) is 23.7 Å². The summed E-state index contributed by atoms with van der Waals surface area (Å²) >= 11 is 14.6. The Morgan fingerprint density at radius 3 is 2.51 bits per heavy atom. The number of likely N-dealkylation sites (tertiary alicyclic amines) is 1. The van der Waals surface area contributed by atoms with Crippen molar-refractivity contribution in [3.05, 3.63) is 92.5 Å². The van der Waals surface area contributed by atoms with E-state index in [2.05, 4.69) is 71.0 Å². The molecule has 0 spiro atoms. The molecule has 11 heteroatoms. The number of nitriles is 1. The molecule has 1 aliphatic heterocycles. The van der Waals surface area contributed by atoms with Crippen LogP contribution in [0, 0.1) is 11.3 Å². The van der Waals surface area contributed by atoms with Gasteiger partial charge in [-0.3, -0.25) is 9.88 Å². The third kappa shape index (κ3) is 6.20. The second-order valence-corrected chi connectivity index (χ2v) is 13.4. The molecule has 0 amide bonds. The molecule has 6 rings (SSSR count). The number of benzene rings is 2. The lowest BCUT2D eigenvalue weighted by molar-refractivity contribution is 0.0866. The van der Waals surface area contributed by atoms with E-state index in [1.54, 1.807) is 6.20 Å². The van der Waals surface area contributed by atoms with Crippen molar-refractivity contribution < 1.29 is 0 Å². The Labute approximate surface area is 265 Å². The molecule has 1 aliphatic rings. The molecule has 0 bridgehead atoms. The first-order valence-electron chi connectivity index (χ1n) is 14.2. The van der Waals surface area contributed by atoms with Crippen LogP contribution in [-0.4, -0.2) is 43.5 Å². The summed E-state index contributed by atoms with van der Waals surface area (Å²) in [4.78, 5) is 7.22. The first-order chi connectivity index (χ1) is 20.7. The quantitative estimate of drug-likeness (QED) is 0.186. The second kappa shape index (κ2) is 12.1. The Balaban J connectivity index is 1.36. The number of nitrogens with one attached hydrogen (secondary N) is 2. The molecule has 1 atom stereocenters. The van der Waals surface area contributed by atoms with Crippen LogP contribution in [0.2, 0.25) is 10.0 Å². The van der Waals surface area contributed by atoms with Crippen LogP contribution in [-0.2, 0) is 0 Å². The summed E-state index contributed by atoms with van der Waals surface area (Å²) in [5.41, 5.74) is 5.08. The van der Waals surface area contributed by atoms with Gasteiger partial charge in [0, 0.05) is 46.0 Å². The van der Waals surface area contributed by atoms with Gasteiger partial charge in [-0.25, -0.2) is 4.68 Å². The number of hydrogen-bond acceptors (Lipinski definition) is 8. The van der Waals surface area contributed by atoms with Gasteiger partial charge in [-0.05, 0) is 51.3 Å². The number of halogens is 2. The summed E-state index contributed by atoms with van der Waals surface area (Å²) in [6.07, 6.45) is 5.68. The molecule has 1 saturated heterocycles. The van der Waals surface area contributed by atoms with Gasteiger partial charge >= 0.3 is 0 Å². The molecular weight excluding hydrogens is 599 g/mol. The fraction of sp³-hybridized carbons (Fsp3) is 0.312. The number of pyridine rings is 1. The fourth-order valence-corrected chi connectivity index (χ4v) is 6.81. The zero-order valence-electron chi connectivity index (χ0n) is 24.2. The molecule has 0 unspecified atom stereocenters. The summed E-state index contributed by atoms with van der Waals surface area (Å²) in [6, 6.07) is 16.0. The lowest BCUT2D eigenvalue weighted by Crippen LogP contribution is -2.46. The summed E-state index contributed by atoms with van der Waals surface area (Å²) in [7, 11) is 0. The molecule has 5 aromatic rings. The highest BCUT2D eigenvalue weighted by molar-refractivity contribution is 7.09. The number of hydrogen-bond donors (Lipinski definition) is 2. The van der Waals surface area contributed by atoms with Gasteiger partial charge in [0.1, 0.15) is 11.8 Å². The summed E-state index contributed by atoms with van der Waals surface area (Å²) < 4.78 is 2.02. The molecule has 0 radical (unpaired) electrons. The van der Waals surface area contributed by atoms with Gasteiger partial charge in [0.05, 0.1) is 51.4 Å². The zero-order valence-corrected chi connectivity index (χ0v) is 26.5. The molecule has 2 N–H and O–H groups in total. The van der Waals surface area contributed by atoms with Gasteiger partial charge in [0.2, 0.25) is 0 Å². The molecular formula is C32H32Cl2N8S. The number of aromatic nitrogens is 4. The van der Waals surface area contributed by atoms with Crippen LogP contribution in [0.3, 0.4) is 0 Å². The molecule has 3 aromatic heterocycles. The van der Waals surface area contributed by atoms with E-state index in [0.717, 1.165) is 42.9 Å². The van der Waals surface area contributed by atoms with Crippen molar-refractivity contribution in [1.29, 1.82) is 5.26 Å². The van der Waals surface area contributed by atoms with Gasteiger partial charge in [0.15, 0.2) is 0 Å². The van der Waals surface area contributed by atoms with Crippen LogP contribution >= 0.6 is 34.5 Å². The highest BCUT2D eigenvalue weighted by Crippen LogP contribution is 2.39. The largest absolute Gasteiger partial charge is 0.371 e. The van der Waals surface area contributed by atoms with E-state index < -0.39 is 0 Å². The Bertz CT molecular complexity index is 1780. The maximum absolute atomic E-state index is 9.89. The highest BCUT2D eigenvalue weighted by atomic mass is 35.5. The van der Waals surface area contributed by atoms with Gasteiger partial charge < -0.3 is 10.6 Å². The molecule has 220 valence electrons. The lowest BCUT2D eigenvalue weighted by Gasteiger charge is -2.40. The van der Waals surface area contributed by atoms with E-state index in [0.29, 0.717) is 43.9 Å². The Kier molecular flexibility index (Phi) is 8.29. The van der Waals surface area contributed by atoms with Crippen molar-refractivity contribution in [2.24, 2.45) is 0 Å². The summed E-state index contributed by atoms with van der Waals surface area (Å²) in [6.45, 7) is 8.86. The smallest absolute Gasteiger partial charge is 0.109 e. The van der Waals surface area contributed by atoms with Gasteiger partial charge in [0.25, 0.3) is 0 Å². The topological polar surface area (TPSA) is 94.7 Å². The third-order valence-corrected chi connectivity index (χ3v) is 9.38. The predicted molar refractivity (Wildman–Crippen MR) is 176 cm³/mol. The number of fused-ring (bicyclic) bond motifs is 1. The van der Waals surface area contributed by atoms with Crippen LogP contribution in [0.4, 0.5) is 17.1 Å². The van der Waals surface area contributed by atoms with Gasteiger partial charge in [-0.1, -0.05) is 58.7 Å². The van der Waals surface area contributed by atoms with E-state index in [1.165, 1.54) is 11.3 Å². The molecule has 2 aromatic carbocycles. The van der Waals surface area contributed by atoms with Gasteiger partial charge in [-0.2, -0.15) is 5.26 Å². The first-order valence-corrected chi connectivity index (χ1v) is 15.9. The number of nitrogens with zero attached hydrogens (tertiary/aromatic N) is 6. The van der Waals surface area contributed by atoms with Crippen LogP contribution in [0.1, 0.15) is 62.5 Å². The maximum Gasteiger partial charge on any atom is 0.109 e. The number of piperidine rings is 1. The molecule has 8 nitrogen and oxygen atoms in total.